The van der Waals surface area contributed by atoms with Crippen molar-refractivity contribution in [2.75, 3.05) is 13.1 Å². The van der Waals surface area contributed by atoms with E-state index in [4.69, 9.17) is 9.47 Å². The summed E-state index contributed by atoms with van der Waals surface area (Å²) in [4.78, 5) is 22.8. The van der Waals surface area contributed by atoms with Crippen molar-refractivity contribution in [3.8, 4) is 0 Å². The molecule has 0 heterocycles. The molecule has 0 radical (unpaired) electrons. The van der Waals surface area contributed by atoms with Gasteiger partial charge in [-0.15, -0.1) is 0 Å². The number of hydrogen-bond acceptors (Lipinski definition) is 5. The van der Waals surface area contributed by atoms with Gasteiger partial charge in [0.1, 0.15) is 11.2 Å². The molecule has 112 valence electrons. The molecule has 0 atom stereocenters. The van der Waals surface area contributed by atoms with E-state index in [0.29, 0.717) is 25.9 Å². The third-order valence-electron chi connectivity index (χ3n) is 1.85. The van der Waals surface area contributed by atoms with Gasteiger partial charge in [-0.1, -0.05) is 0 Å². The molecule has 0 aromatic carbocycles. The topological polar surface area (TPSA) is 64.6 Å². The Balaban J connectivity index is 3.61. The molecule has 0 aliphatic rings. The maximum atomic E-state index is 11.4. The molecule has 0 saturated carbocycles. The average Bonchev–Trinajstić information content (AvgIpc) is 2.10. The van der Waals surface area contributed by atoms with Crippen LogP contribution in [0.25, 0.3) is 0 Å². The molecule has 0 spiro atoms. The Morgan fingerprint density at radius 1 is 0.789 bits per heavy atom. The standard InChI is InChI=1S/C14H27NO4/c1-13(2,3)18-11(16)7-9-15-10-8-12(17)19-14(4,5)6/h15H,7-10H2,1-6H3. The van der Waals surface area contributed by atoms with E-state index in [1.807, 2.05) is 41.5 Å². The van der Waals surface area contributed by atoms with Gasteiger partial charge in [0.2, 0.25) is 0 Å². The molecule has 1 N–H and O–H groups in total. The van der Waals surface area contributed by atoms with Gasteiger partial charge < -0.3 is 14.8 Å². The highest BCUT2D eigenvalue weighted by molar-refractivity contribution is 5.70. The van der Waals surface area contributed by atoms with Crippen LogP contribution in [0.3, 0.4) is 0 Å². The zero-order chi connectivity index (χ0) is 15.1. The smallest absolute Gasteiger partial charge is 0.307 e. The largest absolute Gasteiger partial charge is 0.460 e. The molecular formula is C14H27NO4. The van der Waals surface area contributed by atoms with Gasteiger partial charge in [-0.3, -0.25) is 9.59 Å². The summed E-state index contributed by atoms with van der Waals surface area (Å²) in [6.07, 6.45) is 0.594. The van der Waals surface area contributed by atoms with Crippen LogP contribution in [0.5, 0.6) is 0 Å². The van der Waals surface area contributed by atoms with E-state index in [9.17, 15) is 9.59 Å². The van der Waals surface area contributed by atoms with E-state index in [-0.39, 0.29) is 11.9 Å². The summed E-state index contributed by atoms with van der Waals surface area (Å²) in [6.45, 7) is 12.0. The third kappa shape index (κ3) is 13.1. The minimum Gasteiger partial charge on any atom is -0.460 e. The fourth-order valence-corrected chi connectivity index (χ4v) is 1.29. The van der Waals surface area contributed by atoms with Gasteiger partial charge in [0.05, 0.1) is 12.8 Å². The number of esters is 2. The number of carbonyl (C=O) groups is 2. The second-order valence-electron chi connectivity index (χ2n) is 6.42. The van der Waals surface area contributed by atoms with Gasteiger partial charge in [0.25, 0.3) is 0 Å². The Bertz CT molecular complexity index is 270. The SMILES string of the molecule is CC(C)(C)OC(=O)CCNCCC(=O)OC(C)(C)C. The molecule has 0 unspecified atom stereocenters. The van der Waals surface area contributed by atoms with E-state index < -0.39 is 11.2 Å². The van der Waals surface area contributed by atoms with Gasteiger partial charge in [-0.25, -0.2) is 0 Å². The first-order valence-corrected chi connectivity index (χ1v) is 6.64. The minimum atomic E-state index is -0.451. The molecule has 0 saturated heterocycles. The fourth-order valence-electron chi connectivity index (χ4n) is 1.29. The van der Waals surface area contributed by atoms with Crippen LogP contribution in [0.15, 0.2) is 0 Å². The molecule has 0 aromatic heterocycles. The fraction of sp³-hybridized carbons (Fsp3) is 0.857. The van der Waals surface area contributed by atoms with Gasteiger partial charge in [-0.05, 0) is 41.5 Å². The van der Waals surface area contributed by atoms with Crippen LogP contribution >= 0.6 is 0 Å². The highest BCUT2D eigenvalue weighted by Gasteiger charge is 2.17. The zero-order valence-corrected chi connectivity index (χ0v) is 13.0. The summed E-state index contributed by atoms with van der Waals surface area (Å²) in [5, 5.41) is 3.02. The molecule has 0 fully saturated rings. The Morgan fingerprint density at radius 2 is 1.11 bits per heavy atom. The normalized spacial score (nSPS) is 12.1. The van der Waals surface area contributed by atoms with E-state index in [1.54, 1.807) is 0 Å². The first-order chi connectivity index (χ1) is 8.49. The summed E-state index contributed by atoms with van der Waals surface area (Å²) in [5.41, 5.74) is -0.902. The number of carbonyl (C=O) groups excluding carboxylic acids is 2. The quantitative estimate of drug-likeness (QED) is 0.592. The van der Waals surface area contributed by atoms with Crippen molar-refractivity contribution in [3.05, 3.63) is 0 Å². The van der Waals surface area contributed by atoms with Crippen molar-refractivity contribution in [2.24, 2.45) is 0 Å². The summed E-state index contributed by atoms with van der Waals surface area (Å²) in [5.74, 6) is -0.477. The van der Waals surface area contributed by atoms with Crippen LogP contribution in [-0.2, 0) is 19.1 Å². The molecule has 0 aliphatic carbocycles. The third-order valence-corrected chi connectivity index (χ3v) is 1.85. The summed E-state index contributed by atoms with van der Waals surface area (Å²) in [6, 6.07) is 0. The summed E-state index contributed by atoms with van der Waals surface area (Å²) < 4.78 is 10.3. The van der Waals surface area contributed by atoms with Gasteiger partial charge in [0.15, 0.2) is 0 Å². The number of ether oxygens (including phenoxy) is 2. The lowest BCUT2D eigenvalue weighted by molar-refractivity contribution is -0.155. The highest BCUT2D eigenvalue weighted by atomic mass is 16.6. The number of nitrogens with one attached hydrogen (secondary N) is 1. The van der Waals surface area contributed by atoms with Crippen molar-refractivity contribution in [1.82, 2.24) is 5.32 Å². The van der Waals surface area contributed by atoms with Crippen LogP contribution in [0.2, 0.25) is 0 Å². The monoisotopic (exact) mass is 273 g/mol. The molecule has 0 rings (SSSR count). The lowest BCUT2D eigenvalue weighted by Crippen LogP contribution is -2.29. The number of hydrogen-bond donors (Lipinski definition) is 1. The average molecular weight is 273 g/mol. The Morgan fingerprint density at radius 3 is 1.37 bits per heavy atom. The molecule has 5 heteroatoms. The molecule has 0 aliphatic heterocycles. The number of rotatable bonds is 6. The van der Waals surface area contributed by atoms with Crippen LogP contribution in [0.4, 0.5) is 0 Å². The van der Waals surface area contributed by atoms with E-state index in [0.717, 1.165) is 0 Å². The van der Waals surface area contributed by atoms with Gasteiger partial charge >= 0.3 is 11.9 Å². The second kappa shape index (κ2) is 7.48. The van der Waals surface area contributed by atoms with Crippen LogP contribution in [0, 0.1) is 0 Å². The van der Waals surface area contributed by atoms with Crippen molar-refractivity contribution in [1.29, 1.82) is 0 Å². The van der Waals surface area contributed by atoms with Crippen LogP contribution < -0.4 is 5.32 Å². The summed E-state index contributed by atoms with van der Waals surface area (Å²) >= 11 is 0. The zero-order valence-electron chi connectivity index (χ0n) is 13.0. The molecule has 0 aromatic rings. The van der Waals surface area contributed by atoms with E-state index >= 15 is 0 Å². The summed E-state index contributed by atoms with van der Waals surface area (Å²) in [7, 11) is 0. The van der Waals surface area contributed by atoms with E-state index in [2.05, 4.69) is 5.32 Å². The Kier molecular flexibility index (Phi) is 7.05. The molecule has 5 nitrogen and oxygen atoms in total. The molecule has 19 heavy (non-hydrogen) atoms. The van der Waals surface area contributed by atoms with Crippen LogP contribution in [0.1, 0.15) is 54.4 Å². The maximum absolute atomic E-state index is 11.4. The van der Waals surface area contributed by atoms with Crippen molar-refractivity contribution < 1.29 is 19.1 Å². The second-order valence-corrected chi connectivity index (χ2v) is 6.42. The van der Waals surface area contributed by atoms with Crippen molar-refractivity contribution >= 4 is 11.9 Å². The van der Waals surface area contributed by atoms with Crippen molar-refractivity contribution in [3.63, 3.8) is 0 Å². The van der Waals surface area contributed by atoms with Gasteiger partial charge in [-0.2, -0.15) is 0 Å². The lowest BCUT2D eigenvalue weighted by Gasteiger charge is -2.20. The maximum Gasteiger partial charge on any atom is 0.307 e. The lowest BCUT2D eigenvalue weighted by atomic mass is 10.2. The Labute approximate surface area is 116 Å². The van der Waals surface area contributed by atoms with E-state index in [1.165, 1.54) is 0 Å². The van der Waals surface area contributed by atoms with Gasteiger partial charge in [0, 0.05) is 13.1 Å². The molecule has 0 amide bonds. The molecule has 0 bridgehead atoms. The Hall–Kier alpha value is -1.10. The first kappa shape index (κ1) is 17.9. The highest BCUT2D eigenvalue weighted by Crippen LogP contribution is 2.08. The predicted octanol–water partition coefficient (Wildman–Crippen LogP) is 2.04. The minimum absolute atomic E-state index is 0.239. The predicted molar refractivity (Wildman–Crippen MR) is 73.8 cm³/mol. The van der Waals surface area contributed by atoms with Crippen molar-refractivity contribution in [2.45, 2.75) is 65.6 Å². The first-order valence-electron chi connectivity index (χ1n) is 6.64. The molecular weight excluding hydrogens is 246 g/mol. The van der Waals surface area contributed by atoms with Crippen LogP contribution in [-0.4, -0.2) is 36.2 Å².